The van der Waals surface area contributed by atoms with Crippen molar-refractivity contribution in [1.29, 1.82) is 0 Å². The Morgan fingerprint density at radius 1 is 0.900 bits per heavy atom. The highest BCUT2D eigenvalue weighted by Gasteiger charge is 2.48. The van der Waals surface area contributed by atoms with Gasteiger partial charge in [0.25, 0.3) is 0 Å². The molecule has 2 atom stereocenters. The molecule has 0 aliphatic carbocycles. The van der Waals surface area contributed by atoms with Crippen LogP contribution in [-0.2, 0) is 26.1 Å². The third-order valence-electron chi connectivity index (χ3n) is 6.24. The molecule has 0 amide bonds. The maximum Gasteiger partial charge on any atom is 0.183 e. The van der Waals surface area contributed by atoms with Crippen molar-refractivity contribution in [3.8, 4) is 0 Å². The first-order valence-electron chi connectivity index (χ1n) is 10.4. The van der Waals surface area contributed by atoms with Crippen LogP contribution < -0.4 is 4.90 Å². The van der Waals surface area contributed by atoms with Crippen molar-refractivity contribution in [1.82, 2.24) is 4.90 Å². The summed E-state index contributed by atoms with van der Waals surface area (Å²) in [6.07, 6.45) is 0.826. The zero-order valence-electron chi connectivity index (χ0n) is 17.1. The fourth-order valence-electron chi connectivity index (χ4n) is 4.47. The molecule has 2 fully saturated rings. The summed E-state index contributed by atoms with van der Waals surface area (Å²) >= 11 is 0. The fraction of sp³-hybridized carbons (Fsp3) is 0.455. The Hall–Kier alpha value is -1.90. The summed E-state index contributed by atoms with van der Waals surface area (Å²) in [5.74, 6) is -0.385. The molecule has 6 nitrogen and oxygen atoms in total. The van der Waals surface area contributed by atoms with Gasteiger partial charge in [-0.1, -0.05) is 37.3 Å². The van der Waals surface area contributed by atoms with Gasteiger partial charge in [-0.3, -0.25) is 4.90 Å². The van der Waals surface area contributed by atoms with Crippen molar-refractivity contribution in [2.24, 2.45) is 0 Å². The molecule has 2 aliphatic rings. The van der Waals surface area contributed by atoms with E-state index in [1.54, 1.807) is 12.1 Å². The van der Waals surface area contributed by atoms with Gasteiger partial charge in [0, 0.05) is 37.9 Å². The van der Waals surface area contributed by atoms with Crippen LogP contribution in [0.3, 0.4) is 0 Å². The number of hydrogen-bond acceptors (Lipinski definition) is 6. The Balaban J connectivity index is 1.54. The summed E-state index contributed by atoms with van der Waals surface area (Å²) in [6, 6.07) is 16.4. The number of anilines is 1. The number of aryl methyl sites for hydroxylation is 1. The molecule has 30 heavy (non-hydrogen) atoms. The molecule has 8 heteroatoms. The van der Waals surface area contributed by atoms with E-state index in [4.69, 9.17) is 0 Å². The monoisotopic (exact) mass is 448 g/mol. The standard InChI is InChI=1S/C22H28N2O4S2/c1-2-18-8-10-20(11-9-18)30(27,28)22-17-29(25,26)16-21(22)24-14-12-23(13-15-24)19-6-4-3-5-7-19/h3-11,21-22H,2,12-17H2,1H3. The van der Waals surface area contributed by atoms with E-state index in [-0.39, 0.29) is 16.4 Å². The quantitative estimate of drug-likeness (QED) is 0.697. The largest absolute Gasteiger partial charge is 0.369 e. The van der Waals surface area contributed by atoms with Crippen LogP contribution in [0.2, 0.25) is 0 Å². The van der Waals surface area contributed by atoms with Crippen molar-refractivity contribution in [2.75, 3.05) is 42.6 Å². The lowest BCUT2D eigenvalue weighted by molar-refractivity contribution is 0.201. The minimum absolute atomic E-state index is 0.0880. The number of benzene rings is 2. The Bertz CT molecular complexity index is 1080. The summed E-state index contributed by atoms with van der Waals surface area (Å²) in [5.41, 5.74) is 2.19. The first kappa shape index (κ1) is 21.3. The van der Waals surface area contributed by atoms with Crippen LogP contribution in [0.4, 0.5) is 5.69 Å². The molecule has 0 radical (unpaired) electrons. The lowest BCUT2D eigenvalue weighted by Gasteiger charge is -2.40. The number of sulfone groups is 2. The first-order chi connectivity index (χ1) is 14.3. The van der Waals surface area contributed by atoms with Crippen molar-refractivity contribution in [2.45, 2.75) is 29.5 Å². The third-order valence-corrected chi connectivity index (χ3v) is 10.4. The minimum Gasteiger partial charge on any atom is -0.369 e. The summed E-state index contributed by atoms with van der Waals surface area (Å²) in [5, 5.41) is -0.918. The molecule has 0 bridgehead atoms. The molecule has 2 saturated heterocycles. The second kappa shape index (κ2) is 8.32. The Kier molecular flexibility index (Phi) is 5.92. The molecule has 4 rings (SSSR count). The molecule has 2 unspecified atom stereocenters. The van der Waals surface area contributed by atoms with E-state index in [1.807, 2.05) is 37.3 Å². The molecule has 0 saturated carbocycles. The van der Waals surface area contributed by atoms with Gasteiger partial charge in [0.1, 0.15) is 0 Å². The lowest BCUT2D eigenvalue weighted by Crippen LogP contribution is -2.55. The molecular weight excluding hydrogens is 420 g/mol. The van der Waals surface area contributed by atoms with Crippen molar-refractivity contribution in [3.05, 3.63) is 60.2 Å². The summed E-state index contributed by atoms with van der Waals surface area (Å²) in [7, 11) is -7.13. The van der Waals surface area contributed by atoms with Crippen molar-refractivity contribution < 1.29 is 16.8 Å². The number of piperazine rings is 1. The van der Waals surface area contributed by atoms with Gasteiger partial charge in [-0.15, -0.1) is 0 Å². The predicted molar refractivity (Wildman–Crippen MR) is 119 cm³/mol. The van der Waals surface area contributed by atoms with Crippen LogP contribution in [0, 0.1) is 0 Å². The minimum atomic E-state index is -3.73. The molecule has 2 aromatic rings. The molecule has 2 aromatic carbocycles. The van der Waals surface area contributed by atoms with E-state index in [9.17, 15) is 16.8 Å². The van der Waals surface area contributed by atoms with E-state index in [1.165, 1.54) is 0 Å². The molecule has 2 aliphatic heterocycles. The van der Waals surface area contributed by atoms with Crippen LogP contribution in [0.25, 0.3) is 0 Å². The smallest absolute Gasteiger partial charge is 0.183 e. The molecule has 162 valence electrons. The average molecular weight is 449 g/mol. The highest BCUT2D eigenvalue weighted by molar-refractivity contribution is 7.96. The van der Waals surface area contributed by atoms with Crippen LogP contribution in [0.15, 0.2) is 59.5 Å². The summed E-state index contributed by atoms with van der Waals surface area (Å²) in [4.78, 5) is 4.54. The van der Waals surface area contributed by atoms with E-state index in [0.29, 0.717) is 13.1 Å². The molecular formula is C22H28N2O4S2. The number of nitrogens with zero attached hydrogens (tertiary/aromatic N) is 2. The highest BCUT2D eigenvalue weighted by atomic mass is 32.2. The maximum atomic E-state index is 13.4. The van der Waals surface area contributed by atoms with Gasteiger partial charge < -0.3 is 4.90 Å². The predicted octanol–water partition coefficient (Wildman–Crippen LogP) is 2.01. The van der Waals surface area contributed by atoms with Gasteiger partial charge in [-0.2, -0.15) is 0 Å². The van der Waals surface area contributed by atoms with Gasteiger partial charge in [0.15, 0.2) is 19.7 Å². The number of rotatable bonds is 5. The molecule has 0 N–H and O–H groups in total. The average Bonchev–Trinajstić information content (AvgIpc) is 3.11. The third kappa shape index (κ3) is 4.26. The second-order valence-corrected chi connectivity index (χ2v) is 12.4. The normalized spacial score (nSPS) is 24.8. The van der Waals surface area contributed by atoms with Crippen molar-refractivity contribution >= 4 is 25.4 Å². The van der Waals surface area contributed by atoms with Gasteiger partial charge in [0.05, 0.1) is 21.7 Å². The number of para-hydroxylation sites is 1. The SMILES string of the molecule is CCc1ccc(S(=O)(=O)C2CS(=O)(=O)CC2N2CCN(c3ccccc3)CC2)cc1. The molecule has 0 spiro atoms. The molecule has 2 heterocycles. The second-order valence-electron chi connectivity index (χ2n) is 8.08. The fourth-order valence-corrected chi connectivity index (χ4v) is 9.30. The lowest BCUT2D eigenvalue weighted by atomic mass is 10.1. The van der Waals surface area contributed by atoms with E-state index >= 15 is 0 Å². The number of hydrogen-bond donors (Lipinski definition) is 0. The van der Waals surface area contributed by atoms with Crippen LogP contribution in [-0.4, -0.2) is 70.7 Å². The highest BCUT2D eigenvalue weighted by Crippen LogP contribution is 2.30. The van der Waals surface area contributed by atoms with Crippen molar-refractivity contribution in [3.63, 3.8) is 0 Å². The Morgan fingerprint density at radius 2 is 1.53 bits per heavy atom. The molecule has 0 aromatic heterocycles. The zero-order valence-corrected chi connectivity index (χ0v) is 18.8. The topological polar surface area (TPSA) is 74.8 Å². The first-order valence-corrected chi connectivity index (χ1v) is 13.7. The van der Waals surface area contributed by atoms with Gasteiger partial charge >= 0.3 is 0 Å². The van der Waals surface area contributed by atoms with E-state index in [2.05, 4.69) is 21.9 Å². The van der Waals surface area contributed by atoms with Gasteiger partial charge in [-0.25, -0.2) is 16.8 Å². The van der Waals surface area contributed by atoms with Crippen LogP contribution in [0.1, 0.15) is 12.5 Å². The van der Waals surface area contributed by atoms with E-state index in [0.717, 1.165) is 30.8 Å². The van der Waals surface area contributed by atoms with Gasteiger partial charge in [0.2, 0.25) is 0 Å². The van der Waals surface area contributed by atoms with Gasteiger partial charge in [-0.05, 0) is 36.2 Å². The Morgan fingerprint density at radius 3 is 2.13 bits per heavy atom. The van der Waals surface area contributed by atoms with E-state index < -0.39 is 31.0 Å². The summed E-state index contributed by atoms with van der Waals surface area (Å²) < 4.78 is 51.6. The zero-order chi connectivity index (χ0) is 21.4. The summed E-state index contributed by atoms with van der Waals surface area (Å²) in [6.45, 7) is 4.81. The Labute approximate surface area is 179 Å². The maximum absolute atomic E-state index is 13.4. The van der Waals surface area contributed by atoms with Crippen LogP contribution in [0.5, 0.6) is 0 Å². The van der Waals surface area contributed by atoms with Crippen LogP contribution >= 0.6 is 0 Å².